The Morgan fingerprint density at radius 1 is 1.22 bits per heavy atom. The first kappa shape index (κ1) is 20.5. The van der Waals surface area contributed by atoms with Crippen LogP contribution in [0.15, 0.2) is 6.07 Å². The van der Waals surface area contributed by atoms with Gasteiger partial charge in [-0.05, 0) is 44.9 Å². The summed E-state index contributed by atoms with van der Waals surface area (Å²) >= 11 is 0. The van der Waals surface area contributed by atoms with Crippen LogP contribution in [0.25, 0.3) is 0 Å². The summed E-state index contributed by atoms with van der Waals surface area (Å²) < 4.78 is 6.41. The lowest BCUT2D eigenvalue weighted by Gasteiger charge is -2.48. The van der Waals surface area contributed by atoms with Crippen LogP contribution in [0.1, 0.15) is 110 Å². The summed E-state index contributed by atoms with van der Waals surface area (Å²) in [7, 11) is 0. The van der Waals surface area contributed by atoms with E-state index in [2.05, 4.69) is 41.5 Å². The number of aromatic nitrogens is 1. The Labute approximate surface area is 165 Å². The van der Waals surface area contributed by atoms with Gasteiger partial charge in [0, 0.05) is 17.4 Å². The molecular formula is C24H39NO2. The van der Waals surface area contributed by atoms with Gasteiger partial charge in [0.1, 0.15) is 11.4 Å². The smallest absolute Gasteiger partial charge is 0.221 e. The molecule has 2 aliphatic rings. The molecule has 0 aromatic carbocycles. The van der Waals surface area contributed by atoms with Gasteiger partial charge in [-0.25, -0.2) is 4.98 Å². The van der Waals surface area contributed by atoms with Gasteiger partial charge in [0.05, 0.1) is 11.3 Å². The van der Waals surface area contributed by atoms with E-state index >= 15 is 0 Å². The van der Waals surface area contributed by atoms with Gasteiger partial charge < -0.3 is 9.84 Å². The Hall–Kier alpha value is -1.25. The van der Waals surface area contributed by atoms with Crippen LogP contribution in [-0.4, -0.2) is 15.7 Å². The van der Waals surface area contributed by atoms with Crippen molar-refractivity contribution in [1.29, 1.82) is 0 Å². The molecular weight excluding hydrogens is 334 g/mol. The summed E-state index contributed by atoms with van der Waals surface area (Å²) in [6.07, 6.45) is 9.64. The molecule has 0 amide bonds. The minimum atomic E-state index is -0.221. The zero-order chi connectivity index (χ0) is 19.8. The molecule has 1 aromatic rings. The van der Waals surface area contributed by atoms with E-state index in [1.165, 1.54) is 38.5 Å². The van der Waals surface area contributed by atoms with Crippen molar-refractivity contribution in [2.45, 2.75) is 110 Å². The molecule has 1 N–H and O–H groups in total. The SMILES string of the molecule is CCCCCCC(C)(C)c1cc(O)c2c(n1)OC(C)(C)[C@H]1CC[C@@H](C)C[C@@H]21. The monoisotopic (exact) mass is 373 g/mol. The highest BCUT2D eigenvalue weighted by atomic mass is 16.5. The maximum Gasteiger partial charge on any atom is 0.221 e. The summed E-state index contributed by atoms with van der Waals surface area (Å²) in [4.78, 5) is 4.97. The Morgan fingerprint density at radius 2 is 1.96 bits per heavy atom. The zero-order valence-corrected chi connectivity index (χ0v) is 18.3. The summed E-state index contributed by atoms with van der Waals surface area (Å²) in [5.74, 6) is 2.61. The molecule has 3 atom stereocenters. The number of unbranched alkanes of at least 4 members (excludes halogenated alkanes) is 3. The van der Waals surface area contributed by atoms with E-state index in [1.807, 2.05) is 6.07 Å². The molecule has 3 rings (SSSR count). The fourth-order valence-electron chi connectivity index (χ4n) is 5.27. The molecule has 1 saturated carbocycles. The van der Waals surface area contributed by atoms with E-state index < -0.39 is 0 Å². The molecule has 3 nitrogen and oxygen atoms in total. The van der Waals surface area contributed by atoms with Crippen LogP contribution >= 0.6 is 0 Å². The van der Waals surface area contributed by atoms with Crippen molar-refractivity contribution < 1.29 is 9.84 Å². The fraction of sp³-hybridized carbons (Fsp3) is 0.792. The molecule has 1 aromatic heterocycles. The fourth-order valence-corrected chi connectivity index (χ4v) is 5.27. The Morgan fingerprint density at radius 3 is 2.67 bits per heavy atom. The van der Waals surface area contributed by atoms with Crippen LogP contribution in [0.5, 0.6) is 11.6 Å². The predicted molar refractivity (Wildman–Crippen MR) is 112 cm³/mol. The lowest BCUT2D eigenvalue weighted by molar-refractivity contribution is -0.0189. The molecule has 0 radical (unpaired) electrons. The molecule has 1 aliphatic heterocycles. The van der Waals surface area contributed by atoms with Crippen molar-refractivity contribution in [3.05, 3.63) is 17.3 Å². The predicted octanol–water partition coefficient (Wildman–Crippen LogP) is 6.73. The molecule has 27 heavy (non-hydrogen) atoms. The summed E-state index contributed by atoms with van der Waals surface area (Å²) in [5.41, 5.74) is 1.66. The van der Waals surface area contributed by atoms with Crippen LogP contribution in [0.4, 0.5) is 0 Å². The molecule has 3 heteroatoms. The van der Waals surface area contributed by atoms with Gasteiger partial charge >= 0.3 is 0 Å². The van der Waals surface area contributed by atoms with Crippen LogP contribution < -0.4 is 4.74 Å². The third kappa shape index (κ3) is 4.12. The first-order valence-electron chi connectivity index (χ1n) is 11.1. The van der Waals surface area contributed by atoms with Crippen LogP contribution in [-0.2, 0) is 5.41 Å². The molecule has 0 spiro atoms. The second kappa shape index (κ2) is 7.64. The third-order valence-corrected chi connectivity index (χ3v) is 7.09. The highest BCUT2D eigenvalue weighted by molar-refractivity contribution is 5.47. The van der Waals surface area contributed by atoms with Crippen LogP contribution in [0.2, 0.25) is 0 Å². The summed E-state index contributed by atoms with van der Waals surface area (Å²) in [5, 5.41) is 11.0. The van der Waals surface area contributed by atoms with Gasteiger partial charge in [-0.2, -0.15) is 0 Å². The van der Waals surface area contributed by atoms with Gasteiger partial charge in [-0.3, -0.25) is 0 Å². The molecule has 152 valence electrons. The highest BCUT2D eigenvalue weighted by Crippen LogP contribution is 2.55. The minimum Gasteiger partial charge on any atom is -0.507 e. The van der Waals surface area contributed by atoms with E-state index in [9.17, 15) is 5.11 Å². The van der Waals surface area contributed by atoms with Crippen LogP contribution in [0.3, 0.4) is 0 Å². The number of pyridine rings is 1. The average molecular weight is 374 g/mol. The van der Waals surface area contributed by atoms with Crippen molar-refractivity contribution in [2.75, 3.05) is 0 Å². The van der Waals surface area contributed by atoms with E-state index in [0.717, 1.165) is 24.1 Å². The maximum absolute atomic E-state index is 11.0. The Kier molecular flexibility index (Phi) is 5.80. The molecule has 0 unspecified atom stereocenters. The Bertz CT molecular complexity index is 665. The van der Waals surface area contributed by atoms with Gasteiger partial charge in [-0.15, -0.1) is 0 Å². The maximum atomic E-state index is 11.0. The molecule has 1 fully saturated rings. The van der Waals surface area contributed by atoms with Gasteiger partial charge in [0.2, 0.25) is 5.88 Å². The number of hydrogen-bond acceptors (Lipinski definition) is 3. The van der Waals surface area contributed by atoms with E-state index in [0.29, 0.717) is 29.4 Å². The van der Waals surface area contributed by atoms with Crippen molar-refractivity contribution >= 4 is 0 Å². The van der Waals surface area contributed by atoms with Crippen LogP contribution in [0, 0.1) is 11.8 Å². The second-order valence-corrected chi connectivity index (χ2v) is 10.3. The normalized spacial score (nSPS) is 26.8. The zero-order valence-electron chi connectivity index (χ0n) is 18.3. The number of fused-ring (bicyclic) bond motifs is 3. The molecule has 0 saturated heterocycles. The molecule has 2 heterocycles. The largest absolute Gasteiger partial charge is 0.507 e. The minimum absolute atomic E-state index is 0.0511. The summed E-state index contributed by atoms with van der Waals surface area (Å²) in [6, 6.07) is 1.93. The Balaban J connectivity index is 1.91. The molecule has 0 bridgehead atoms. The number of rotatable bonds is 6. The van der Waals surface area contributed by atoms with Gasteiger partial charge in [-0.1, -0.05) is 59.8 Å². The van der Waals surface area contributed by atoms with Gasteiger partial charge in [0.25, 0.3) is 0 Å². The first-order chi connectivity index (χ1) is 12.7. The van der Waals surface area contributed by atoms with Crippen molar-refractivity contribution in [3.8, 4) is 11.6 Å². The van der Waals surface area contributed by atoms with Crippen molar-refractivity contribution in [1.82, 2.24) is 4.98 Å². The highest BCUT2D eigenvalue weighted by Gasteiger charge is 2.48. The average Bonchev–Trinajstić information content (AvgIpc) is 2.57. The number of aromatic hydroxyl groups is 1. The summed E-state index contributed by atoms with van der Waals surface area (Å²) in [6.45, 7) is 13.5. The quantitative estimate of drug-likeness (QED) is 0.562. The topological polar surface area (TPSA) is 42.4 Å². The standard InChI is InChI=1S/C24H39NO2/c1-7-8-9-10-13-23(3,4)20-15-19(26)21-17-14-16(2)11-12-18(17)24(5,6)27-22(21)25-20/h15-18H,7-14H2,1-6H3,(H,25,26)/t16-,17-,18+/m1/s1. The lowest BCUT2D eigenvalue weighted by atomic mass is 9.64. The van der Waals surface area contributed by atoms with E-state index in [-0.39, 0.29) is 11.0 Å². The third-order valence-electron chi connectivity index (χ3n) is 7.09. The van der Waals surface area contributed by atoms with Crippen molar-refractivity contribution in [2.24, 2.45) is 11.8 Å². The number of nitrogens with zero attached hydrogens (tertiary/aromatic N) is 1. The van der Waals surface area contributed by atoms with Gasteiger partial charge in [0.15, 0.2) is 0 Å². The first-order valence-corrected chi connectivity index (χ1v) is 11.1. The number of ether oxygens (including phenoxy) is 1. The van der Waals surface area contributed by atoms with E-state index in [1.54, 1.807) is 0 Å². The molecule has 1 aliphatic carbocycles. The van der Waals surface area contributed by atoms with Crippen molar-refractivity contribution in [3.63, 3.8) is 0 Å². The number of hydrogen-bond donors (Lipinski definition) is 1. The van der Waals surface area contributed by atoms with E-state index in [4.69, 9.17) is 9.72 Å². The second-order valence-electron chi connectivity index (χ2n) is 10.3. The lowest BCUT2D eigenvalue weighted by Crippen LogP contribution is -2.47.